The third kappa shape index (κ3) is 3.54. The van der Waals surface area contributed by atoms with Crippen LogP contribution < -0.4 is 5.32 Å². The van der Waals surface area contributed by atoms with Crippen molar-refractivity contribution in [3.05, 3.63) is 17.7 Å². The summed E-state index contributed by atoms with van der Waals surface area (Å²) in [7, 11) is 0. The summed E-state index contributed by atoms with van der Waals surface area (Å²) in [5.41, 5.74) is 0.709. The van der Waals surface area contributed by atoms with Crippen molar-refractivity contribution in [3.8, 4) is 0 Å². The van der Waals surface area contributed by atoms with Crippen molar-refractivity contribution >= 4 is 0 Å². The number of nitrogens with one attached hydrogen (secondary N) is 2. The van der Waals surface area contributed by atoms with Crippen LogP contribution in [0.25, 0.3) is 0 Å². The second kappa shape index (κ2) is 3.84. The molecule has 0 atom stereocenters. The van der Waals surface area contributed by atoms with Crippen molar-refractivity contribution in [2.75, 3.05) is 0 Å². The first-order valence-corrected chi connectivity index (χ1v) is 4.86. The number of hydrogen-bond donors (Lipinski definition) is 2. The molecule has 0 aromatic carbocycles. The van der Waals surface area contributed by atoms with E-state index in [9.17, 15) is 13.2 Å². The second-order valence-corrected chi connectivity index (χ2v) is 3.80. The predicted octanol–water partition coefficient (Wildman–Crippen LogP) is 1.77. The molecule has 1 fully saturated rings. The van der Waals surface area contributed by atoms with Crippen LogP contribution in [0.3, 0.4) is 0 Å². The molecule has 1 saturated carbocycles. The Kier molecular flexibility index (Phi) is 2.68. The molecule has 0 unspecified atom stereocenters. The zero-order valence-electron chi connectivity index (χ0n) is 8.06. The lowest BCUT2D eigenvalue weighted by atomic mass is 10.4. The Bertz CT molecular complexity index is 328. The van der Waals surface area contributed by atoms with Gasteiger partial charge in [0.25, 0.3) is 0 Å². The molecule has 0 spiro atoms. The minimum absolute atomic E-state index is 0.0184. The van der Waals surface area contributed by atoms with Crippen LogP contribution in [0.4, 0.5) is 13.2 Å². The van der Waals surface area contributed by atoms with Gasteiger partial charge in [-0.05, 0) is 12.8 Å². The van der Waals surface area contributed by atoms with E-state index in [2.05, 4.69) is 15.3 Å². The summed E-state index contributed by atoms with van der Waals surface area (Å²) in [5, 5.41) is 3.20. The number of halogens is 3. The van der Waals surface area contributed by atoms with E-state index < -0.39 is 12.6 Å². The van der Waals surface area contributed by atoms with Gasteiger partial charge in [0.15, 0.2) is 0 Å². The summed E-state index contributed by atoms with van der Waals surface area (Å²) in [5.74, 6) is -0.0184. The maximum Gasteiger partial charge on any atom is 0.396 e. The van der Waals surface area contributed by atoms with Crippen LogP contribution in [0.2, 0.25) is 0 Å². The fourth-order valence-corrected chi connectivity index (χ4v) is 1.32. The number of nitrogens with zero attached hydrogens (tertiary/aromatic N) is 1. The van der Waals surface area contributed by atoms with E-state index >= 15 is 0 Å². The lowest BCUT2D eigenvalue weighted by molar-refractivity contribution is -0.128. The summed E-state index contributed by atoms with van der Waals surface area (Å²) in [6.07, 6.45) is -1.42. The molecule has 1 aromatic heterocycles. The highest BCUT2D eigenvalue weighted by Crippen LogP contribution is 2.20. The number of imidazole rings is 1. The Balaban J connectivity index is 1.85. The first kappa shape index (κ1) is 10.5. The Morgan fingerprint density at radius 3 is 2.80 bits per heavy atom. The molecule has 0 saturated heterocycles. The minimum atomic E-state index is -4.20. The van der Waals surface area contributed by atoms with Gasteiger partial charge in [0, 0.05) is 24.5 Å². The van der Waals surface area contributed by atoms with Gasteiger partial charge in [0.1, 0.15) is 12.2 Å². The third-order valence-electron chi connectivity index (χ3n) is 2.21. The molecular formula is C9H12F3N3. The number of hydrogen-bond acceptors (Lipinski definition) is 2. The standard InChI is InChI=1S/C9H12F3N3/c10-9(11,12)3-8-14-5-7(15-8)4-13-6-1-2-6/h5-6,13H,1-4H2,(H,14,15). The van der Waals surface area contributed by atoms with Crippen LogP contribution in [0.15, 0.2) is 6.20 Å². The minimum Gasteiger partial charge on any atom is -0.345 e. The van der Waals surface area contributed by atoms with Crippen molar-refractivity contribution in [3.63, 3.8) is 0 Å². The van der Waals surface area contributed by atoms with Gasteiger partial charge >= 0.3 is 6.18 Å². The molecule has 0 bridgehead atoms. The van der Waals surface area contributed by atoms with Gasteiger partial charge in [-0.25, -0.2) is 4.98 Å². The number of aromatic nitrogens is 2. The lowest BCUT2D eigenvalue weighted by Gasteiger charge is -2.02. The molecule has 2 rings (SSSR count). The van der Waals surface area contributed by atoms with Crippen molar-refractivity contribution < 1.29 is 13.2 Å². The monoisotopic (exact) mass is 219 g/mol. The highest BCUT2D eigenvalue weighted by molar-refractivity contribution is 5.02. The molecule has 0 radical (unpaired) electrons. The summed E-state index contributed by atoms with van der Waals surface area (Å²) in [4.78, 5) is 6.34. The molecule has 1 aromatic rings. The van der Waals surface area contributed by atoms with E-state index in [1.165, 1.54) is 6.20 Å². The molecule has 0 amide bonds. The normalized spacial score (nSPS) is 17.0. The van der Waals surface area contributed by atoms with Gasteiger partial charge in [-0.3, -0.25) is 0 Å². The SMILES string of the molecule is FC(F)(F)Cc1ncc(CNC2CC2)[nH]1. The zero-order valence-corrected chi connectivity index (χ0v) is 8.06. The van der Waals surface area contributed by atoms with Gasteiger partial charge in [0.2, 0.25) is 0 Å². The van der Waals surface area contributed by atoms with Crippen LogP contribution in [0.1, 0.15) is 24.4 Å². The molecule has 3 nitrogen and oxygen atoms in total. The van der Waals surface area contributed by atoms with Crippen molar-refractivity contribution in [2.24, 2.45) is 0 Å². The van der Waals surface area contributed by atoms with E-state index in [1.807, 2.05) is 0 Å². The summed E-state index contributed by atoms with van der Waals surface area (Å²) < 4.78 is 36.0. The molecule has 1 aliphatic rings. The fourth-order valence-electron chi connectivity index (χ4n) is 1.32. The maximum atomic E-state index is 12.0. The first-order valence-electron chi connectivity index (χ1n) is 4.86. The van der Waals surface area contributed by atoms with Crippen LogP contribution in [-0.2, 0) is 13.0 Å². The Morgan fingerprint density at radius 2 is 2.20 bits per heavy atom. The Labute approximate surface area is 85.1 Å². The molecule has 1 heterocycles. The van der Waals surface area contributed by atoms with E-state index in [4.69, 9.17) is 0 Å². The zero-order chi connectivity index (χ0) is 10.9. The highest BCUT2D eigenvalue weighted by Gasteiger charge is 2.29. The second-order valence-electron chi connectivity index (χ2n) is 3.80. The average Bonchev–Trinajstić information content (AvgIpc) is 2.83. The quantitative estimate of drug-likeness (QED) is 0.810. The lowest BCUT2D eigenvalue weighted by Crippen LogP contribution is -2.16. The molecule has 1 aliphatic carbocycles. The smallest absolute Gasteiger partial charge is 0.345 e. The van der Waals surface area contributed by atoms with E-state index in [0.717, 1.165) is 12.8 Å². The predicted molar refractivity (Wildman–Crippen MR) is 48.2 cm³/mol. The molecule has 2 N–H and O–H groups in total. The first-order chi connectivity index (χ1) is 7.03. The number of rotatable bonds is 4. The van der Waals surface area contributed by atoms with Crippen molar-refractivity contribution in [1.29, 1.82) is 0 Å². The van der Waals surface area contributed by atoms with Gasteiger partial charge in [-0.15, -0.1) is 0 Å². The van der Waals surface area contributed by atoms with Crippen LogP contribution >= 0.6 is 0 Å². The van der Waals surface area contributed by atoms with Gasteiger partial charge < -0.3 is 10.3 Å². The molecule has 6 heteroatoms. The van der Waals surface area contributed by atoms with E-state index in [0.29, 0.717) is 18.3 Å². The van der Waals surface area contributed by atoms with Gasteiger partial charge in [-0.1, -0.05) is 0 Å². The molecule has 15 heavy (non-hydrogen) atoms. The van der Waals surface area contributed by atoms with Crippen LogP contribution in [0.5, 0.6) is 0 Å². The number of alkyl halides is 3. The highest BCUT2D eigenvalue weighted by atomic mass is 19.4. The Morgan fingerprint density at radius 1 is 1.47 bits per heavy atom. The van der Waals surface area contributed by atoms with Crippen LogP contribution in [-0.4, -0.2) is 22.2 Å². The van der Waals surface area contributed by atoms with E-state index in [1.54, 1.807) is 0 Å². The van der Waals surface area contributed by atoms with Crippen molar-refractivity contribution in [1.82, 2.24) is 15.3 Å². The van der Waals surface area contributed by atoms with Crippen LogP contribution in [0, 0.1) is 0 Å². The van der Waals surface area contributed by atoms with E-state index in [-0.39, 0.29) is 5.82 Å². The molecule has 84 valence electrons. The summed E-state index contributed by atoms with van der Waals surface area (Å²) in [6, 6.07) is 0.541. The molecule has 0 aliphatic heterocycles. The third-order valence-corrected chi connectivity index (χ3v) is 2.21. The fraction of sp³-hybridized carbons (Fsp3) is 0.667. The molecular weight excluding hydrogens is 207 g/mol. The number of H-pyrrole nitrogens is 1. The summed E-state index contributed by atoms with van der Waals surface area (Å²) in [6.45, 7) is 0.565. The number of aromatic amines is 1. The Hall–Kier alpha value is -1.04. The maximum absolute atomic E-state index is 12.0. The largest absolute Gasteiger partial charge is 0.396 e. The van der Waals surface area contributed by atoms with Gasteiger partial charge in [-0.2, -0.15) is 13.2 Å². The summed E-state index contributed by atoms with van der Waals surface area (Å²) >= 11 is 0. The average molecular weight is 219 g/mol. The van der Waals surface area contributed by atoms with Crippen molar-refractivity contribution in [2.45, 2.75) is 38.0 Å². The topological polar surface area (TPSA) is 40.7 Å². The van der Waals surface area contributed by atoms with Gasteiger partial charge in [0.05, 0.1) is 0 Å².